The van der Waals surface area contributed by atoms with Gasteiger partial charge in [-0.1, -0.05) is 12.1 Å². The number of aliphatic hydroxyl groups excluding tert-OH is 1. The molecule has 1 saturated heterocycles. The van der Waals surface area contributed by atoms with Crippen LogP contribution in [-0.4, -0.2) is 48.4 Å². The van der Waals surface area contributed by atoms with Crippen LogP contribution in [-0.2, 0) is 13.1 Å². The van der Waals surface area contributed by atoms with Crippen molar-refractivity contribution < 1.29 is 5.11 Å². The van der Waals surface area contributed by atoms with Gasteiger partial charge in [0.25, 0.3) is 5.56 Å². The SMILES string of the molecule is CCn1c(=O)c2ccccc2n2c(CN3CC[C@H](O)C3)nnc12. The van der Waals surface area contributed by atoms with Gasteiger partial charge in [-0.3, -0.25) is 18.7 Å². The van der Waals surface area contributed by atoms with E-state index in [9.17, 15) is 9.90 Å². The summed E-state index contributed by atoms with van der Waals surface area (Å²) in [5.41, 5.74) is 0.795. The average molecular weight is 313 g/mol. The Bertz CT molecular complexity index is 929. The molecular formula is C16H19N5O2. The molecule has 7 heteroatoms. The third-order valence-electron chi connectivity index (χ3n) is 4.50. The van der Waals surface area contributed by atoms with E-state index in [4.69, 9.17) is 0 Å². The number of fused-ring (bicyclic) bond motifs is 3. The minimum Gasteiger partial charge on any atom is -0.392 e. The topological polar surface area (TPSA) is 75.7 Å². The molecule has 1 atom stereocenters. The molecule has 0 aliphatic carbocycles. The normalized spacial score (nSPS) is 19.1. The van der Waals surface area contributed by atoms with Gasteiger partial charge in [0.1, 0.15) is 0 Å². The summed E-state index contributed by atoms with van der Waals surface area (Å²) < 4.78 is 3.61. The van der Waals surface area contributed by atoms with E-state index >= 15 is 0 Å². The van der Waals surface area contributed by atoms with Crippen molar-refractivity contribution in [1.82, 2.24) is 24.1 Å². The second-order valence-corrected chi connectivity index (χ2v) is 6.00. The summed E-state index contributed by atoms with van der Waals surface area (Å²) in [5, 5.41) is 18.9. The molecule has 0 unspecified atom stereocenters. The van der Waals surface area contributed by atoms with Crippen molar-refractivity contribution >= 4 is 16.7 Å². The molecule has 3 heterocycles. The van der Waals surface area contributed by atoms with Crippen molar-refractivity contribution in [1.29, 1.82) is 0 Å². The minimum absolute atomic E-state index is 0.0360. The maximum absolute atomic E-state index is 12.6. The third kappa shape index (κ3) is 2.24. The quantitative estimate of drug-likeness (QED) is 0.767. The largest absolute Gasteiger partial charge is 0.392 e. The highest BCUT2D eigenvalue weighted by Gasteiger charge is 2.23. The average Bonchev–Trinajstić information content (AvgIpc) is 3.15. The Hall–Kier alpha value is -2.25. The van der Waals surface area contributed by atoms with Crippen LogP contribution in [0.2, 0.25) is 0 Å². The molecule has 3 aromatic rings. The fourth-order valence-corrected chi connectivity index (χ4v) is 3.36. The zero-order valence-electron chi connectivity index (χ0n) is 13.0. The van der Waals surface area contributed by atoms with Crippen LogP contribution in [0.1, 0.15) is 19.2 Å². The number of benzene rings is 1. The van der Waals surface area contributed by atoms with E-state index in [0.717, 1.165) is 24.3 Å². The van der Waals surface area contributed by atoms with Gasteiger partial charge < -0.3 is 5.11 Å². The second kappa shape index (κ2) is 5.43. The van der Waals surface area contributed by atoms with Gasteiger partial charge in [0.2, 0.25) is 5.78 Å². The molecule has 0 bridgehead atoms. The monoisotopic (exact) mass is 313 g/mol. The van der Waals surface area contributed by atoms with Gasteiger partial charge in [-0.25, -0.2) is 0 Å². The number of likely N-dealkylation sites (tertiary alicyclic amines) is 1. The van der Waals surface area contributed by atoms with E-state index < -0.39 is 0 Å². The first-order valence-corrected chi connectivity index (χ1v) is 7.95. The van der Waals surface area contributed by atoms with Gasteiger partial charge in [-0.15, -0.1) is 10.2 Å². The van der Waals surface area contributed by atoms with Gasteiger partial charge in [0.05, 0.1) is 23.6 Å². The number of aryl methyl sites for hydroxylation is 1. The molecular weight excluding hydrogens is 294 g/mol. The van der Waals surface area contributed by atoms with Gasteiger partial charge in [-0.05, 0) is 25.5 Å². The van der Waals surface area contributed by atoms with Crippen LogP contribution < -0.4 is 5.56 Å². The zero-order chi connectivity index (χ0) is 16.0. The molecule has 1 aliphatic rings. The van der Waals surface area contributed by atoms with Crippen molar-refractivity contribution in [2.45, 2.75) is 32.5 Å². The summed E-state index contributed by atoms with van der Waals surface area (Å²) in [7, 11) is 0. The van der Waals surface area contributed by atoms with E-state index in [0.29, 0.717) is 30.8 Å². The fraction of sp³-hybridized carbons (Fsp3) is 0.438. The number of nitrogens with zero attached hydrogens (tertiary/aromatic N) is 5. The van der Waals surface area contributed by atoms with E-state index in [1.807, 2.05) is 35.6 Å². The first-order chi connectivity index (χ1) is 11.2. The number of aliphatic hydroxyl groups is 1. The number of hydrogen-bond donors (Lipinski definition) is 1. The second-order valence-electron chi connectivity index (χ2n) is 6.00. The molecule has 0 saturated carbocycles. The Labute approximate surface area is 132 Å². The van der Waals surface area contributed by atoms with Crippen LogP contribution >= 0.6 is 0 Å². The molecule has 0 amide bonds. The van der Waals surface area contributed by atoms with Crippen molar-refractivity contribution in [2.75, 3.05) is 13.1 Å². The highest BCUT2D eigenvalue weighted by Crippen LogP contribution is 2.17. The molecule has 120 valence electrons. The van der Waals surface area contributed by atoms with Crippen molar-refractivity contribution in [3.63, 3.8) is 0 Å². The van der Waals surface area contributed by atoms with Crippen LogP contribution in [0.3, 0.4) is 0 Å². The molecule has 4 rings (SSSR count). The molecule has 1 N–H and O–H groups in total. The van der Waals surface area contributed by atoms with Crippen molar-refractivity contribution in [3.8, 4) is 0 Å². The highest BCUT2D eigenvalue weighted by atomic mass is 16.3. The highest BCUT2D eigenvalue weighted by molar-refractivity contribution is 5.80. The standard InChI is InChI=1S/C16H19N5O2/c1-2-20-15(23)12-5-3-4-6-13(12)21-14(17-18-16(20)21)10-19-8-7-11(22)9-19/h3-6,11,22H,2,7-10H2,1H3/t11-/m0/s1. The maximum Gasteiger partial charge on any atom is 0.262 e. The fourth-order valence-electron chi connectivity index (χ4n) is 3.36. The van der Waals surface area contributed by atoms with Crippen LogP contribution in [0.15, 0.2) is 29.1 Å². The predicted octanol–water partition coefficient (Wildman–Crippen LogP) is 0.631. The predicted molar refractivity (Wildman–Crippen MR) is 86.3 cm³/mol. The Kier molecular flexibility index (Phi) is 3.39. The molecule has 7 nitrogen and oxygen atoms in total. The molecule has 23 heavy (non-hydrogen) atoms. The molecule has 0 radical (unpaired) electrons. The Balaban J connectivity index is 1.93. The van der Waals surface area contributed by atoms with Crippen LogP contribution in [0.5, 0.6) is 0 Å². The molecule has 1 aliphatic heterocycles. The lowest BCUT2D eigenvalue weighted by Gasteiger charge is -2.14. The minimum atomic E-state index is -0.264. The van der Waals surface area contributed by atoms with E-state index in [1.54, 1.807) is 4.57 Å². The molecule has 2 aromatic heterocycles. The van der Waals surface area contributed by atoms with E-state index in [1.165, 1.54) is 0 Å². The third-order valence-corrected chi connectivity index (χ3v) is 4.50. The van der Waals surface area contributed by atoms with Crippen molar-refractivity contribution in [3.05, 3.63) is 40.4 Å². The van der Waals surface area contributed by atoms with Gasteiger partial charge in [-0.2, -0.15) is 0 Å². The number of rotatable bonds is 3. The summed E-state index contributed by atoms with van der Waals surface area (Å²) in [4.78, 5) is 14.8. The summed E-state index contributed by atoms with van der Waals surface area (Å²) in [6.07, 6.45) is 0.525. The number of β-amino-alcohol motifs (C(OH)–C–C–N with tert-alkyl or cyclic N) is 1. The summed E-state index contributed by atoms with van der Waals surface area (Å²) in [5.74, 6) is 1.37. The van der Waals surface area contributed by atoms with Gasteiger partial charge in [0.15, 0.2) is 5.82 Å². The Morgan fingerprint density at radius 3 is 2.87 bits per heavy atom. The van der Waals surface area contributed by atoms with Crippen LogP contribution in [0, 0.1) is 0 Å². The molecule has 0 spiro atoms. The maximum atomic E-state index is 12.6. The lowest BCUT2D eigenvalue weighted by atomic mass is 10.2. The zero-order valence-corrected chi connectivity index (χ0v) is 13.0. The van der Waals surface area contributed by atoms with Gasteiger partial charge in [0, 0.05) is 19.6 Å². The smallest absolute Gasteiger partial charge is 0.262 e. The first kappa shape index (κ1) is 14.3. The Morgan fingerprint density at radius 2 is 2.13 bits per heavy atom. The van der Waals surface area contributed by atoms with Crippen molar-refractivity contribution in [2.24, 2.45) is 0 Å². The summed E-state index contributed by atoms with van der Waals surface area (Å²) in [6.45, 7) is 4.60. The Morgan fingerprint density at radius 1 is 1.30 bits per heavy atom. The van der Waals surface area contributed by atoms with E-state index in [2.05, 4.69) is 15.1 Å². The lowest BCUT2D eigenvalue weighted by molar-refractivity contribution is 0.174. The molecule has 1 aromatic carbocycles. The van der Waals surface area contributed by atoms with E-state index in [-0.39, 0.29) is 11.7 Å². The lowest BCUT2D eigenvalue weighted by Crippen LogP contribution is -2.25. The first-order valence-electron chi connectivity index (χ1n) is 7.95. The number of aromatic nitrogens is 4. The summed E-state index contributed by atoms with van der Waals surface area (Å²) in [6, 6.07) is 7.55. The molecule has 1 fully saturated rings. The number of hydrogen-bond acceptors (Lipinski definition) is 5. The van der Waals surface area contributed by atoms with Crippen LogP contribution in [0.25, 0.3) is 16.7 Å². The van der Waals surface area contributed by atoms with Gasteiger partial charge >= 0.3 is 0 Å². The van der Waals surface area contributed by atoms with Crippen LogP contribution in [0.4, 0.5) is 0 Å². The summed E-state index contributed by atoms with van der Waals surface area (Å²) >= 11 is 0. The number of para-hydroxylation sites is 1.